The molecule has 3 N–H and O–H groups in total. The van der Waals surface area contributed by atoms with Gasteiger partial charge in [-0.05, 0) is 49.2 Å². The summed E-state index contributed by atoms with van der Waals surface area (Å²) in [7, 11) is -3.62. The Hall–Kier alpha value is -1.37. The summed E-state index contributed by atoms with van der Waals surface area (Å²) < 4.78 is 28.6. The Labute approximate surface area is 133 Å². The number of benzene rings is 2. The SMILES string of the molecule is Cc1c(N)cccc1S(=O)(=O)NC(C)c1cccc(Br)c1. The van der Waals surface area contributed by atoms with Crippen molar-refractivity contribution in [3.8, 4) is 0 Å². The Morgan fingerprint density at radius 1 is 1.19 bits per heavy atom. The van der Waals surface area contributed by atoms with E-state index in [1.54, 1.807) is 32.0 Å². The summed E-state index contributed by atoms with van der Waals surface area (Å²) >= 11 is 3.38. The second-order valence-corrected chi connectivity index (χ2v) is 7.47. The van der Waals surface area contributed by atoms with Crippen molar-refractivity contribution in [3.63, 3.8) is 0 Å². The first-order valence-electron chi connectivity index (χ1n) is 6.44. The quantitative estimate of drug-likeness (QED) is 0.812. The first-order chi connectivity index (χ1) is 9.81. The van der Waals surface area contributed by atoms with Crippen molar-refractivity contribution in [2.45, 2.75) is 24.8 Å². The molecule has 0 bridgehead atoms. The van der Waals surface area contributed by atoms with Gasteiger partial charge < -0.3 is 5.73 Å². The molecule has 0 saturated heterocycles. The van der Waals surface area contributed by atoms with Gasteiger partial charge in [0.2, 0.25) is 10.0 Å². The normalized spacial score (nSPS) is 13.1. The molecule has 4 nitrogen and oxygen atoms in total. The van der Waals surface area contributed by atoms with Gasteiger partial charge in [-0.25, -0.2) is 13.1 Å². The molecule has 21 heavy (non-hydrogen) atoms. The van der Waals surface area contributed by atoms with Crippen molar-refractivity contribution in [3.05, 3.63) is 58.1 Å². The van der Waals surface area contributed by atoms with Crippen LogP contribution in [-0.2, 0) is 10.0 Å². The van der Waals surface area contributed by atoms with E-state index in [2.05, 4.69) is 20.7 Å². The van der Waals surface area contributed by atoms with Crippen LogP contribution in [0.5, 0.6) is 0 Å². The molecule has 6 heteroatoms. The molecule has 0 aliphatic carbocycles. The van der Waals surface area contributed by atoms with Crippen molar-refractivity contribution in [1.82, 2.24) is 4.72 Å². The molecule has 0 spiro atoms. The molecule has 2 aromatic rings. The highest BCUT2D eigenvalue weighted by Crippen LogP contribution is 2.24. The Balaban J connectivity index is 2.31. The van der Waals surface area contributed by atoms with E-state index in [0.717, 1.165) is 10.0 Å². The molecule has 0 aliphatic heterocycles. The first-order valence-corrected chi connectivity index (χ1v) is 8.72. The highest BCUT2D eigenvalue weighted by Gasteiger charge is 2.21. The zero-order valence-corrected chi connectivity index (χ0v) is 14.2. The van der Waals surface area contributed by atoms with Crippen molar-refractivity contribution >= 4 is 31.6 Å². The Bertz CT molecular complexity index is 760. The summed E-state index contributed by atoms with van der Waals surface area (Å²) in [6.07, 6.45) is 0. The maximum absolute atomic E-state index is 12.5. The second kappa shape index (κ2) is 6.17. The molecule has 0 aromatic heterocycles. The third-order valence-electron chi connectivity index (χ3n) is 3.30. The zero-order valence-electron chi connectivity index (χ0n) is 11.8. The Morgan fingerprint density at radius 2 is 1.86 bits per heavy atom. The molecule has 0 radical (unpaired) electrons. The molecule has 0 amide bonds. The summed E-state index contributed by atoms with van der Waals surface area (Å²) in [4.78, 5) is 0.212. The van der Waals surface area contributed by atoms with Gasteiger partial charge in [-0.15, -0.1) is 0 Å². The van der Waals surface area contributed by atoms with Crippen molar-refractivity contribution in [2.75, 3.05) is 5.73 Å². The summed E-state index contributed by atoms with van der Waals surface area (Å²) in [5.74, 6) is 0. The molecule has 2 aromatic carbocycles. The van der Waals surface area contributed by atoms with Gasteiger partial charge in [0.1, 0.15) is 0 Å². The monoisotopic (exact) mass is 368 g/mol. The van der Waals surface area contributed by atoms with Gasteiger partial charge >= 0.3 is 0 Å². The average molecular weight is 369 g/mol. The van der Waals surface area contributed by atoms with E-state index in [-0.39, 0.29) is 10.9 Å². The zero-order chi connectivity index (χ0) is 15.6. The summed E-state index contributed by atoms with van der Waals surface area (Å²) in [5, 5.41) is 0. The van der Waals surface area contributed by atoms with Gasteiger partial charge in [0, 0.05) is 16.2 Å². The van der Waals surface area contributed by atoms with Crippen LogP contribution in [0, 0.1) is 6.92 Å². The maximum atomic E-state index is 12.5. The lowest BCUT2D eigenvalue weighted by Gasteiger charge is -2.16. The van der Waals surface area contributed by atoms with E-state index in [0.29, 0.717) is 11.3 Å². The third-order valence-corrected chi connectivity index (χ3v) is 5.47. The molecule has 0 aliphatic rings. The van der Waals surface area contributed by atoms with E-state index in [1.807, 2.05) is 24.3 Å². The van der Waals surface area contributed by atoms with Crippen LogP contribution in [-0.4, -0.2) is 8.42 Å². The lowest BCUT2D eigenvalue weighted by molar-refractivity contribution is 0.566. The standard InChI is InChI=1S/C15H17BrN2O2S/c1-10-14(17)7-4-8-15(10)21(19,20)18-11(2)12-5-3-6-13(16)9-12/h3-9,11,18H,17H2,1-2H3. The number of hydrogen-bond donors (Lipinski definition) is 2. The largest absolute Gasteiger partial charge is 0.398 e. The van der Waals surface area contributed by atoms with Crippen LogP contribution in [0.4, 0.5) is 5.69 Å². The van der Waals surface area contributed by atoms with Gasteiger partial charge in [0.05, 0.1) is 4.90 Å². The topological polar surface area (TPSA) is 72.2 Å². The number of halogens is 1. The number of hydrogen-bond acceptors (Lipinski definition) is 3. The molecule has 1 atom stereocenters. The Kier molecular flexibility index (Phi) is 4.70. The van der Waals surface area contributed by atoms with Crippen LogP contribution in [0.3, 0.4) is 0 Å². The fourth-order valence-electron chi connectivity index (χ4n) is 2.06. The highest BCUT2D eigenvalue weighted by molar-refractivity contribution is 9.10. The first kappa shape index (κ1) is 16.0. The molecule has 0 heterocycles. The van der Waals surface area contributed by atoms with Crippen LogP contribution >= 0.6 is 15.9 Å². The maximum Gasteiger partial charge on any atom is 0.241 e. The van der Waals surface area contributed by atoms with E-state index in [9.17, 15) is 8.42 Å². The minimum Gasteiger partial charge on any atom is -0.398 e. The highest BCUT2D eigenvalue weighted by atomic mass is 79.9. The smallest absolute Gasteiger partial charge is 0.241 e. The van der Waals surface area contributed by atoms with Crippen molar-refractivity contribution in [1.29, 1.82) is 0 Å². The number of sulfonamides is 1. The second-order valence-electron chi connectivity index (χ2n) is 4.87. The number of nitrogens with two attached hydrogens (primary N) is 1. The molecule has 0 fully saturated rings. The van der Waals surface area contributed by atoms with Gasteiger partial charge in [-0.1, -0.05) is 34.1 Å². The van der Waals surface area contributed by atoms with Gasteiger partial charge in [-0.2, -0.15) is 0 Å². The fraction of sp³-hybridized carbons (Fsp3) is 0.200. The molecule has 0 saturated carbocycles. The van der Waals surface area contributed by atoms with Crippen LogP contribution in [0.25, 0.3) is 0 Å². The average Bonchev–Trinajstić information content (AvgIpc) is 2.41. The molecular formula is C15H17BrN2O2S. The minimum absolute atomic E-state index is 0.212. The molecular weight excluding hydrogens is 352 g/mol. The molecule has 1 unspecified atom stereocenters. The third kappa shape index (κ3) is 3.64. The van der Waals surface area contributed by atoms with E-state index < -0.39 is 10.0 Å². The van der Waals surface area contributed by atoms with E-state index in [4.69, 9.17) is 5.73 Å². The number of nitrogen functional groups attached to an aromatic ring is 1. The van der Waals surface area contributed by atoms with Crippen molar-refractivity contribution < 1.29 is 8.42 Å². The summed E-state index contributed by atoms with van der Waals surface area (Å²) in [6.45, 7) is 3.51. The predicted molar refractivity (Wildman–Crippen MR) is 88.5 cm³/mol. The molecule has 2 rings (SSSR count). The van der Waals surface area contributed by atoms with Gasteiger partial charge in [0.25, 0.3) is 0 Å². The van der Waals surface area contributed by atoms with Crippen LogP contribution in [0.1, 0.15) is 24.1 Å². The number of nitrogens with one attached hydrogen (secondary N) is 1. The minimum atomic E-state index is -3.62. The lowest BCUT2D eigenvalue weighted by Crippen LogP contribution is -2.27. The predicted octanol–water partition coefficient (Wildman–Crippen LogP) is 3.38. The lowest BCUT2D eigenvalue weighted by atomic mass is 10.1. The van der Waals surface area contributed by atoms with Gasteiger partial charge in [-0.3, -0.25) is 0 Å². The van der Waals surface area contributed by atoms with Crippen LogP contribution in [0.2, 0.25) is 0 Å². The molecule has 112 valence electrons. The van der Waals surface area contributed by atoms with Crippen molar-refractivity contribution in [2.24, 2.45) is 0 Å². The summed E-state index contributed by atoms with van der Waals surface area (Å²) in [6, 6.07) is 12.1. The number of rotatable bonds is 4. The summed E-state index contributed by atoms with van der Waals surface area (Å²) in [5.41, 5.74) is 7.69. The van der Waals surface area contributed by atoms with Crippen LogP contribution in [0.15, 0.2) is 51.8 Å². The fourth-order valence-corrected chi connectivity index (χ4v) is 3.99. The Morgan fingerprint density at radius 3 is 2.52 bits per heavy atom. The van der Waals surface area contributed by atoms with E-state index in [1.165, 1.54) is 0 Å². The van der Waals surface area contributed by atoms with Crippen LogP contribution < -0.4 is 10.5 Å². The van der Waals surface area contributed by atoms with Gasteiger partial charge in [0.15, 0.2) is 0 Å². The van der Waals surface area contributed by atoms with E-state index >= 15 is 0 Å². The number of anilines is 1.